The number of hydrogen-bond donors (Lipinski definition) is 1. The lowest BCUT2D eigenvalue weighted by Gasteiger charge is -2.26. The van der Waals surface area contributed by atoms with Crippen LogP contribution in [0.4, 0.5) is 0 Å². The first kappa shape index (κ1) is 17.7. The summed E-state index contributed by atoms with van der Waals surface area (Å²) in [6, 6.07) is 0. The lowest BCUT2D eigenvalue weighted by molar-refractivity contribution is -0.140. The van der Waals surface area contributed by atoms with Crippen molar-refractivity contribution in [3.8, 4) is 0 Å². The van der Waals surface area contributed by atoms with Gasteiger partial charge in [0.1, 0.15) is 0 Å². The number of carboxylic acids is 1. The third-order valence-corrected chi connectivity index (χ3v) is 3.32. The Hall–Kier alpha value is -1.40. The van der Waals surface area contributed by atoms with Gasteiger partial charge in [-0.15, -0.1) is 0 Å². The predicted octanol–water partition coefficient (Wildman–Crippen LogP) is 1.45. The molecule has 1 fully saturated rings. The van der Waals surface area contributed by atoms with Crippen LogP contribution in [-0.4, -0.2) is 61.4 Å². The fourth-order valence-corrected chi connectivity index (χ4v) is 2.10. The molecule has 1 saturated heterocycles. The second-order valence-electron chi connectivity index (χ2n) is 5.05. The Morgan fingerprint density at radius 2 is 2.00 bits per heavy atom. The van der Waals surface area contributed by atoms with Crippen molar-refractivity contribution in [1.82, 2.24) is 4.90 Å². The van der Waals surface area contributed by atoms with E-state index in [4.69, 9.17) is 14.6 Å². The fourth-order valence-electron chi connectivity index (χ4n) is 2.10. The molecule has 0 unspecified atom stereocenters. The molecule has 0 saturated carbocycles. The molecule has 0 aliphatic carbocycles. The first-order valence-electron chi connectivity index (χ1n) is 7.54. The van der Waals surface area contributed by atoms with E-state index in [1.807, 2.05) is 6.92 Å². The predicted molar refractivity (Wildman–Crippen MR) is 78.1 cm³/mol. The number of aliphatic carboxylic acids is 1. The van der Waals surface area contributed by atoms with E-state index in [0.29, 0.717) is 13.0 Å². The number of carbonyl (C=O) groups excluding carboxylic acids is 1. The van der Waals surface area contributed by atoms with Crippen molar-refractivity contribution in [1.29, 1.82) is 0 Å². The van der Waals surface area contributed by atoms with E-state index in [-0.39, 0.29) is 5.57 Å². The third-order valence-electron chi connectivity index (χ3n) is 3.32. The standard InChI is InChI=1S/C15H25NO5/c1-2-3-9-21-15(19)13(12-14(17)18)5-4-6-16-7-10-20-11-8-16/h12H,2-11H2,1H3,(H,17,18)/b13-12+. The van der Waals surface area contributed by atoms with Gasteiger partial charge in [0.2, 0.25) is 0 Å². The fraction of sp³-hybridized carbons (Fsp3) is 0.733. The first-order chi connectivity index (χ1) is 10.1. The van der Waals surface area contributed by atoms with E-state index in [9.17, 15) is 9.59 Å². The molecule has 0 radical (unpaired) electrons. The Morgan fingerprint density at radius 3 is 2.62 bits per heavy atom. The van der Waals surface area contributed by atoms with Gasteiger partial charge in [-0.05, 0) is 25.8 Å². The van der Waals surface area contributed by atoms with Gasteiger partial charge in [-0.1, -0.05) is 13.3 Å². The van der Waals surface area contributed by atoms with E-state index in [0.717, 1.165) is 58.2 Å². The van der Waals surface area contributed by atoms with Crippen molar-refractivity contribution in [2.75, 3.05) is 39.5 Å². The third kappa shape index (κ3) is 7.82. The molecule has 1 aliphatic rings. The number of unbranched alkanes of at least 4 members (excludes halogenated alkanes) is 1. The van der Waals surface area contributed by atoms with E-state index >= 15 is 0 Å². The van der Waals surface area contributed by atoms with Gasteiger partial charge in [-0.2, -0.15) is 0 Å². The molecule has 6 heteroatoms. The van der Waals surface area contributed by atoms with Crippen LogP contribution in [0, 0.1) is 0 Å². The summed E-state index contributed by atoms with van der Waals surface area (Å²) in [5.41, 5.74) is 0.242. The van der Waals surface area contributed by atoms with Gasteiger partial charge in [0, 0.05) is 24.7 Å². The van der Waals surface area contributed by atoms with Crippen molar-refractivity contribution in [2.45, 2.75) is 32.6 Å². The van der Waals surface area contributed by atoms with Crippen LogP contribution in [0.2, 0.25) is 0 Å². The molecule has 1 heterocycles. The highest BCUT2D eigenvalue weighted by Gasteiger charge is 2.15. The van der Waals surface area contributed by atoms with Crippen LogP contribution in [0.1, 0.15) is 32.6 Å². The molecule has 0 bridgehead atoms. The smallest absolute Gasteiger partial charge is 0.334 e. The van der Waals surface area contributed by atoms with Crippen LogP contribution in [0.15, 0.2) is 11.6 Å². The summed E-state index contributed by atoms with van der Waals surface area (Å²) in [7, 11) is 0. The summed E-state index contributed by atoms with van der Waals surface area (Å²) in [6.45, 7) is 6.42. The van der Waals surface area contributed by atoms with Gasteiger partial charge in [0.05, 0.1) is 19.8 Å². The zero-order valence-electron chi connectivity index (χ0n) is 12.7. The molecule has 0 atom stereocenters. The number of carbonyl (C=O) groups is 2. The number of nitrogens with zero attached hydrogens (tertiary/aromatic N) is 1. The first-order valence-corrected chi connectivity index (χ1v) is 7.54. The van der Waals surface area contributed by atoms with Crippen molar-refractivity contribution in [3.63, 3.8) is 0 Å². The lowest BCUT2D eigenvalue weighted by atomic mass is 10.1. The minimum Gasteiger partial charge on any atom is -0.478 e. The second kappa shape index (κ2) is 10.3. The molecule has 6 nitrogen and oxygen atoms in total. The number of rotatable bonds is 9. The maximum absolute atomic E-state index is 11.8. The zero-order chi connectivity index (χ0) is 15.5. The monoisotopic (exact) mass is 299 g/mol. The maximum atomic E-state index is 11.8. The minimum absolute atomic E-state index is 0.242. The highest BCUT2D eigenvalue weighted by atomic mass is 16.5. The molecule has 0 aromatic heterocycles. The molecule has 1 rings (SSSR count). The average Bonchev–Trinajstić information content (AvgIpc) is 2.47. The SMILES string of the molecule is CCCCOC(=O)/C(=C/C(=O)O)CCCN1CCOCC1. The van der Waals surface area contributed by atoms with Crippen LogP contribution in [0.25, 0.3) is 0 Å². The summed E-state index contributed by atoms with van der Waals surface area (Å²) in [5.74, 6) is -1.61. The molecule has 0 aromatic carbocycles. The molecule has 0 amide bonds. The Balaban J connectivity index is 2.38. The quantitative estimate of drug-likeness (QED) is 0.394. The summed E-state index contributed by atoms with van der Waals surface area (Å²) in [6.07, 6.45) is 3.85. The van der Waals surface area contributed by atoms with Gasteiger partial charge in [0.25, 0.3) is 0 Å². The highest BCUT2D eigenvalue weighted by molar-refractivity contribution is 5.95. The summed E-state index contributed by atoms with van der Waals surface area (Å²) < 4.78 is 10.4. The van der Waals surface area contributed by atoms with Gasteiger partial charge < -0.3 is 14.6 Å². The zero-order valence-corrected chi connectivity index (χ0v) is 12.7. The van der Waals surface area contributed by atoms with Gasteiger partial charge in [-0.3, -0.25) is 4.90 Å². The van der Waals surface area contributed by atoms with Crippen LogP contribution in [-0.2, 0) is 19.1 Å². The summed E-state index contributed by atoms with van der Waals surface area (Å²) in [5, 5.41) is 8.84. The van der Waals surface area contributed by atoms with Crippen molar-refractivity contribution in [3.05, 3.63) is 11.6 Å². The Kier molecular flexibility index (Phi) is 8.69. The Bertz CT molecular complexity index is 361. The molecular formula is C15H25NO5. The van der Waals surface area contributed by atoms with Crippen molar-refractivity contribution < 1.29 is 24.2 Å². The van der Waals surface area contributed by atoms with E-state index in [2.05, 4.69) is 4.90 Å². The van der Waals surface area contributed by atoms with E-state index in [1.165, 1.54) is 0 Å². The van der Waals surface area contributed by atoms with E-state index in [1.54, 1.807) is 0 Å². The van der Waals surface area contributed by atoms with Gasteiger partial charge in [-0.25, -0.2) is 9.59 Å². The van der Waals surface area contributed by atoms with Crippen molar-refractivity contribution in [2.24, 2.45) is 0 Å². The molecule has 120 valence electrons. The second-order valence-corrected chi connectivity index (χ2v) is 5.05. The van der Waals surface area contributed by atoms with Crippen LogP contribution >= 0.6 is 0 Å². The number of hydrogen-bond acceptors (Lipinski definition) is 5. The Labute approximate surface area is 125 Å². The molecule has 1 N–H and O–H groups in total. The molecule has 21 heavy (non-hydrogen) atoms. The van der Waals surface area contributed by atoms with E-state index < -0.39 is 11.9 Å². The number of morpholine rings is 1. The largest absolute Gasteiger partial charge is 0.478 e. The topological polar surface area (TPSA) is 76.1 Å². The minimum atomic E-state index is -1.11. The number of ether oxygens (including phenoxy) is 2. The van der Waals surface area contributed by atoms with Crippen LogP contribution < -0.4 is 0 Å². The van der Waals surface area contributed by atoms with Gasteiger partial charge >= 0.3 is 11.9 Å². The van der Waals surface area contributed by atoms with Crippen LogP contribution in [0.3, 0.4) is 0 Å². The van der Waals surface area contributed by atoms with Gasteiger partial charge in [0.15, 0.2) is 0 Å². The number of carboxylic acid groups (broad SMARTS) is 1. The number of esters is 1. The van der Waals surface area contributed by atoms with Crippen LogP contribution in [0.5, 0.6) is 0 Å². The molecular weight excluding hydrogens is 274 g/mol. The Morgan fingerprint density at radius 1 is 1.29 bits per heavy atom. The highest BCUT2D eigenvalue weighted by Crippen LogP contribution is 2.10. The van der Waals surface area contributed by atoms with Crippen molar-refractivity contribution >= 4 is 11.9 Å². The average molecular weight is 299 g/mol. The summed E-state index contributed by atoms with van der Waals surface area (Å²) >= 11 is 0. The molecule has 1 aliphatic heterocycles. The normalized spacial score (nSPS) is 16.7. The lowest BCUT2D eigenvalue weighted by Crippen LogP contribution is -2.36. The molecule has 0 spiro atoms. The maximum Gasteiger partial charge on any atom is 0.334 e. The molecule has 0 aromatic rings. The summed E-state index contributed by atoms with van der Waals surface area (Å²) in [4.78, 5) is 24.9.